The Morgan fingerprint density at radius 1 is 1.12 bits per heavy atom. The fourth-order valence-corrected chi connectivity index (χ4v) is 2.06. The average molecular weight is 348 g/mol. The average Bonchev–Trinajstić information content (AvgIpc) is 2.60. The third kappa shape index (κ3) is 5.59. The molecule has 6 heteroatoms. The molecule has 24 heavy (non-hydrogen) atoms. The van der Waals surface area contributed by atoms with Crippen molar-refractivity contribution in [1.29, 1.82) is 0 Å². The quantitative estimate of drug-likeness (QED) is 0.781. The molecule has 0 unspecified atom stereocenters. The third-order valence-corrected chi connectivity index (χ3v) is 3.37. The molecule has 0 aromatic heterocycles. The summed E-state index contributed by atoms with van der Waals surface area (Å²) in [7, 11) is 0. The summed E-state index contributed by atoms with van der Waals surface area (Å²) in [5, 5.41) is 3.40. The van der Waals surface area contributed by atoms with Gasteiger partial charge in [-0.2, -0.15) is 0 Å². The molecular formula is C18H18ClNO4. The first-order chi connectivity index (χ1) is 11.6. The minimum atomic E-state index is -0.421. The largest absolute Gasteiger partial charge is 0.484 e. The van der Waals surface area contributed by atoms with E-state index in [1.807, 2.05) is 12.1 Å². The molecule has 2 aromatic rings. The smallest absolute Gasteiger partial charge is 0.338 e. The van der Waals surface area contributed by atoms with Gasteiger partial charge in [-0.3, -0.25) is 4.79 Å². The van der Waals surface area contributed by atoms with Crippen LogP contribution >= 0.6 is 11.6 Å². The van der Waals surface area contributed by atoms with E-state index >= 15 is 0 Å². The molecule has 0 aliphatic rings. The molecule has 2 rings (SSSR count). The highest BCUT2D eigenvalue weighted by molar-refractivity contribution is 6.30. The van der Waals surface area contributed by atoms with Gasteiger partial charge in [0.05, 0.1) is 12.2 Å². The number of halogens is 1. The van der Waals surface area contributed by atoms with E-state index in [9.17, 15) is 9.59 Å². The maximum atomic E-state index is 11.8. The van der Waals surface area contributed by atoms with E-state index in [1.165, 1.54) is 0 Å². The first-order valence-electron chi connectivity index (χ1n) is 7.49. The fraction of sp³-hybridized carbons (Fsp3) is 0.222. The molecular weight excluding hydrogens is 330 g/mol. The highest BCUT2D eigenvalue weighted by Gasteiger charge is 2.08. The predicted molar refractivity (Wildman–Crippen MR) is 91.2 cm³/mol. The zero-order valence-electron chi connectivity index (χ0n) is 13.3. The Morgan fingerprint density at radius 3 is 2.58 bits per heavy atom. The first kappa shape index (κ1) is 17.8. The van der Waals surface area contributed by atoms with Crippen molar-refractivity contribution < 1.29 is 19.1 Å². The minimum absolute atomic E-state index is 0.139. The number of nitrogens with one attached hydrogen (secondary N) is 1. The maximum Gasteiger partial charge on any atom is 0.338 e. The molecule has 5 nitrogen and oxygen atoms in total. The molecule has 0 saturated heterocycles. The van der Waals surface area contributed by atoms with E-state index in [0.717, 1.165) is 5.56 Å². The van der Waals surface area contributed by atoms with Gasteiger partial charge in [0.1, 0.15) is 5.75 Å². The summed E-state index contributed by atoms with van der Waals surface area (Å²) in [6.07, 6.45) is 0. The maximum absolute atomic E-state index is 11.8. The Kier molecular flexibility index (Phi) is 6.63. The van der Waals surface area contributed by atoms with E-state index in [1.54, 1.807) is 43.3 Å². The summed E-state index contributed by atoms with van der Waals surface area (Å²) in [5.74, 6) is -0.246. The lowest BCUT2D eigenvalue weighted by Gasteiger charge is -2.09. The number of esters is 1. The summed E-state index contributed by atoms with van der Waals surface area (Å²) in [5.41, 5.74) is 1.33. The van der Waals surface area contributed by atoms with Crippen LogP contribution in [0.1, 0.15) is 22.8 Å². The Hall–Kier alpha value is -2.53. The number of ether oxygens (including phenoxy) is 2. The molecule has 0 fully saturated rings. The second kappa shape index (κ2) is 8.93. The highest BCUT2D eigenvalue weighted by atomic mass is 35.5. The number of hydrogen-bond acceptors (Lipinski definition) is 4. The summed E-state index contributed by atoms with van der Waals surface area (Å²) < 4.78 is 10.3. The molecule has 0 saturated carbocycles. The van der Waals surface area contributed by atoms with Crippen molar-refractivity contribution >= 4 is 23.5 Å². The lowest BCUT2D eigenvalue weighted by Crippen LogP contribution is -2.28. The second-order valence-corrected chi connectivity index (χ2v) is 5.38. The Bertz CT molecular complexity index is 700. The van der Waals surface area contributed by atoms with Gasteiger partial charge in [0.2, 0.25) is 0 Å². The number of amides is 1. The fourth-order valence-electron chi connectivity index (χ4n) is 1.93. The Labute approximate surface area is 145 Å². The van der Waals surface area contributed by atoms with Crippen LogP contribution in [0.3, 0.4) is 0 Å². The normalized spacial score (nSPS) is 10.1. The standard InChI is InChI=1S/C18H18ClNO4/c1-2-23-18(22)14-4-3-5-16(10-14)24-12-17(21)20-11-13-6-8-15(19)9-7-13/h3-10H,2,11-12H2,1H3,(H,20,21). The van der Waals surface area contributed by atoms with Gasteiger partial charge in [0, 0.05) is 11.6 Å². The summed E-state index contributed by atoms with van der Waals surface area (Å²) in [6, 6.07) is 13.7. The number of carbonyl (C=O) groups excluding carboxylic acids is 2. The molecule has 126 valence electrons. The van der Waals surface area contributed by atoms with Crippen LogP contribution in [-0.2, 0) is 16.1 Å². The van der Waals surface area contributed by atoms with E-state index in [4.69, 9.17) is 21.1 Å². The summed E-state index contributed by atoms with van der Waals surface area (Å²) in [4.78, 5) is 23.5. The lowest BCUT2D eigenvalue weighted by molar-refractivity contribution is -0.123. The monoisotopic (exact) mass is 347 g/mol. The third-order valence-electron chi connectivity index (χ3n) is 3.12. The molecule has 0 heterocycles. The molecule has 0 bridgehead atoms. The molecule has 0 aliphatic carbocycles. The predicted octanol–water partition coefficient (Wildman–Crippen LogP) is 3.21. The molecule has 1 N–H and O–H groups in total. The van der Waals surface area contributed by atoms with Crippen LogP contribution in [0.15, 0.2) is 48.5 Å². The van der Waals surface area contributed by atoms with Crippen molar-refractivity contribution in [2.75, 3.05) is 13.2 Å². The van der Waals surface area contributed by atoms with Crippen LogP contribution in [0.5, 0.6) is 5.75 Å². The van der Waals surface area contributed by atoms with Crippen molar-refractivity contribution in [1.82, 2.24) is 5.32 Å². The zero-order valence-corrected chi connectivity index (χ0v) is 14.0. The first-order valence-corrected chi connectivity index (χ1v) is 7.87. The van der Waals surface area contributed by atoms with Gasteiger partial charge in [0.25, 0.3) is 5.91 Å². The molecule has 1 amide bonds. The number of benzene rings is 2. The van der Waals surface area contributed by atoms with Crippen LogP contribution in [0, 0.1) is 0 Å². The molecule has 0 aliphatic heterocycles. The van der Waals surface area contributed by atoms with Gasteiger partial charge >= 0.3 is 5.97 Å². The van der Waals surface area contributed by atoms with E-state index in [2.05, 4.69) is 5.32 Å². The molecule has 0 spiro atoms. The zero-order chi connectivity index (χ0) is 17.4. The van der Waals surface area contributed by atoms with Crippen LogP contribution in [0.4, 0.5) is 0 Å². The Morgan fingerprint density at radius 2 is 1.88 bits per heavy atom. The number of carbonyl (C=O) groups is 2. The van der Waals surface area contributed by atoms with Crippen molar-refractivity contribution in [3.63, 3.8) is 0 Å². The van der Waals surface area contributed by atoms with Crippen molar-refractivity contribution in [3.05, 3.63) is 64.7 Å². The SMILES string of the molecule is CCOC(=O)c1cccc(OCC(=O)NCc2ccc(Cl)cc2)c1. The van der Waals surface area contributed by atoms with Crippen LogP contribution in [0.2, 0.25) is 5.02 Å². The molecule has 2 aromatic carbocycles. The number of hydrogen-bond donors (Lipinski definition) is 1. The van der Waals surface area contributed by atoms with Crippen LogP contribution < -0.4 is 10.1 Å². The minimum Gasteiger partial charge on any atom is -0.484 e. The van der Waals surface area contributed by atoms with Gasteiger partial charge in [-0.05, 0) is 42.8 Å². The van der Waals surface area contributed by atoms with Gasteiger partial charge in [-0.25, -0.2) is 4.79 Å². The Balaban J connectivity index is 1.82. The van der Waals surface area contributed by atoms with Crippen LogP contribution in [0.25, 0.3) is 0 Å². The van der Waals surface area contributed by atoms with Crippen molar-refractivity contribution in [3.8, 4) is 5.75 Å². The molecule has 0 atom stereocenters. The van der Waals surface area contributed by atoms with Crippen LogP contribution in [-0.4, -0.2) is 25.1 Å². The van der Waals surface area contributed by atoms with E-state index in [-0.39, 0.29) is 12.5 Å². The number of rotatable bonds is 7. The van der Waals surface area contributed by atoms with Gasteiger partial charge in [-0.1, -0.05) is 29.8 Å². The van der Waals surface area contributed by atoms with Gasteiger partial charge in [0.15, 0.2) is 6.61 Å². The lowest BCUT2D eigenvalue weighted by atomic mass is 10.2. The topological polar surface area (TPSA) is 64.6 Å². The van der Waals surface area contributed by atoms with E-state index < -0.39 is 5.97 Å². The summed E-state index contributed by atoms with van der Waals surface area (Å²) >= 11 is 5.81. The van der Waals surface area contributed by atoms with Gasteiger partial charge < -0.3 is 14.8 Å². The van der Waals surface area contributed by atoms with Crippen molar-refractivity contribution in [2.24, 2.45) is 0 Å². The highest BCUT2D eigenvalue weighted by Crippen LogP contribution is 2.14. The van der Waals surface area contributed by atoms with E-state index in [0.29, 0.717) is 29.5 Å². The van der Waals surface area contributed by atoms with Gasteiger partial charge in [-0.15, -0.1) is 0 Å². The molecule has 0 radical (unpaired) electrons. The second-order valence-electron chi connectivity index (χ2n) is 4.94. The summed E-state index contributed by atoms with van der Waals surface area (Å²) in [6.45, 7) is 2.29. The van der Waals surface area contributed by atoms with Crippen molar-refractivity contribution in [2.45, 2.75) is 13.5 Å².